The van der Waals surface area contributed by atoms with E-state index in [1.165, 1.54) is 0 Å². The van der Waals surface area contributed by atoms with E-state index in [-0.39, 0.29) is 5.56 Å². The molecule has 0 aliphatic heterocycles. The number of hydrogen-bond acceptors (Lipinski definition) is 2. The third-order valence-corrected chi connectivity index (χ3v) is 3.80. The van der Waals surface area contributed by atoms with Gasteiger partial charge in [-0.05, 0) is 30.0 Å². The second-order valence-corrected chi connectivity index (χ2v) is 6.05. The Morgan fingerprint density at radius 2 is 1.88 bits per heavy atom. The Hall–Kier alpha value is -1.16. The molecule has 0 saturated carbocycles. The SMILES string of the molecule is CC(C)CCS(=O)Cc1ccc(C(=O)O)cc1. The molecule has 1 unspecified atom stereocenters. The molecule has 4 heteroatoms. The van der Waals surface area contributed by atoms with Crippen LogP contribution in [0.15, 0.2) is 24.3 Å². The van der Waals surface area contributed by atoms with Gasteiger partial charge in [0, 0.05) is 22.3 Å². The Morgan fingerprint density at radius 3 is 2.35 bits per heavy atom. The molecule has 94 valence electrons. The van der Waals surface area contributed by atoms with E-state index in [1.54, 1.807) is 24.3 Å². The fourth-order valence-corrected chi connectivity index (χ4v) is 2.81. The third-order valence-electron chi connectivity index (χ3n) is 2.45. The second-order valence-electron chi connectivity index (χ2n) is 4.47. The Morgan fingerprint density at radius 1 is 1.29 bits per heavy atom. The van der Waals surface area contributed by atoms with Crippen molar-refractivity contribution in [3.63, 3.8) is 0 Å². The molecule has 0 fully saturated rings. The predicted octanol–water partition coefficient (Wildman–Crippen LogP) is 2.68. The van der Waals surface area contributed by atoms with Crippen molar-refractivity contribution in [1.82, 2.24) is 0 Å². The summed E-state index contributed by atoms with van der Waals surface area (Å²) in [6.45, 7) is 4.22. The van der Waals surface area contributed by atoms with Gasteiger partial charge in [-0.1, -0.05) is 26.0 Å². The molecule has 0 heterocycles. The summed E-state index contributed by atoms with van der Waals surface area (Å²) in [5.74, 6) is 0.844. The van der Waals surface area contributed by atoms with Crippen molar-refractivity contribution in [3.05, 3.63) is 35.4 Å². The average Bonchev–Trinajstić information content (AvgIpc) is 2.27. The van der Waals surface area contributed by atoms with Crippen LogP contribution in [0.5, 0.6) is 0 Å². The molecule has 1 N–H and O–H groups in total. The van der Waals surface area contributed by atoms with E-state index in [1.807, 2.05) is 0 Å². The van der Waals surface area contributed by atoms with Crippen LogP contribution in [-0.2, 0) is 16.6 Å². The van der Waals surface area contributed by atoms with Crippen molar-refractivity contribution in [2.45, 2.75) is 26.0 Å². The van der Waals surface area contributed by atoms with Gasteiger partial charge in [-0.2, -0.15) is 0 Å². The smallest absolute Gasteiger partial charge is 0.335 e. The highest BCUT2D eigenvalue weighted by Crippen LogP contribution is 2.09. The molecule has 0 aliphatic rings. The minimum atomic E-state index is -0.933. The summed E-state index contributed by atoms with van der Waals surface area (Å²) >= 11 is 0. The van der Waals surface area contributed by atoms with Crippen LogP contribution in [0, 0.1) is 5.92 Å². The number of carboxylic acids is 1. The standard InChI is InChI=1S/C13H18O3S/c1-10(2)7-8-17(16)9-11-3-5-12(6-4-11)13(14)15/h3-6,10H,7-9H2,1-2H3,(H,14,15). The van der Waals surface area contributed by atoms with E-state index in [0.29, 0.717) is 17.4 Å². The normalized spacial score (nSPS) is 12.6. The van der Waals surface area contributed by atoms with E-state index in [2.05, 4.69) is 13.8 Å². The van der Waals surface area contributed by atoms with Crippen LogP contribution < -0.4 is 0 Å². The van der Waals surface area contributed by atoms with Crippen LogP contribution in [-0.4, -0.2) is 21.0 Å². The topological polar surface area (TPSA) is 54.4 Å². The first-order chi connectivity index (χ1) is 7.99. The minimum absolute atomic E-state index is 0.265. The van der Waals surface area contributed by atoms with Gasteiger partial charge in [0.2, 0.25) is 0 Å². The summed E-state index contributed by atoms with van der Waals surface area (Å²) < 4.78 is 11.7. The molecule has 1 aromatic rings. The molecule has 0 aromatic heterocycles. The number of benzene rings is 1. The summed E-state index contributed by atoms with van der Waals surface area (Å²) in [7, 11) is -0.856. The third kappa shape index (κ3) is 5.13. The Bertz CT molecular complexity index is 396. The molecule has 0 amide bonds. The Balaban J connectivity index is 2.51. The molecule has 3 nitrogen and oxygen atoms in total. The maximum atomic E-state index is 11.7. The average molecular weight is 254 g/mol. The van der Waals surface area contributed by atoms with Crippen LogP contribution in [0.2, 0.25) is 0 Å². The molecule has 1 rings (SSSR count). The van der Waals surface area contributed by atoms with E-state index in [0.717, 1.165) is 12.0 Å². The quantitative estimate of drug-likeness (QED) is 0.849. The second kappa shape index (κ2) is 6.55. The zero-order valence-corrected chi connectivity index (χ0v) is 11.0. The first kappa shape index (κ1) is 13.9. The van der Waals surface area contributed by atoms with Gasteiger partial charge in [-0.25, -0.2) is 4.79 Å². The molecule has 0 radical (unpaired) electrons. The number of rotatable bonds is 6. The van der Waals surface area contributed by atoms with Crippen molar-refractivity contribution < 1.29 is 14.1 Å². The van der Waals surface area contributed by atoms with Crippen molar-refractivity contribution in [2.75, 3.05) is 5.75 Å². The van der Waals surface area contributed by atoms with Crippen LogP contribution in [0.3, 0.4) is 0 Å². The highest BCUT2D eigenvalue weighted by Gasteiger charge is 2.05. The van der Waals surface area contributed by atoms with Gasteiger partial charge in [0.15, 0.2) is 0 Å². The Kier molecular flexibility index (Phi) is 5.35. The lowest BCUT2D eigenvalue weighted by atomic mass is 10.1. The summed E-state index contributed by atoms with van der Waals surface area (Å²) in [5.41, 5.74) is 1.19. The molecule has 0 bridgehead atoms. The van der Waals surface area contributed by atoms with Crippen molar-refractivity contribution in [3.8, 4) is 0 Å². The van der Waals surface area contributed by atoms with Crippen molar-refractivity contribution in [2.24, 2.45) is 5.92 Å². The lowest BCUT2D eigenvalue weighted by Crippen LogP contribution is -2.04. The van der Waals surface area contributed by atoms with E-state index in [9.17, 15) is 9.00 Å². The van der Waals surface area contributed by atoms with E-state index in [4.69, 9.17) is 5.11 Å². The molecule has 0 aliphatic carbocycles. The van der Waals surface area contributed by atoms with Crippen molar-refractivity contribution in [1.29, 1.82) is 0 Å². The number of carbonyl (C=O) groups is 1. The van der Waals surface area contributed by atoms with Gasteiger partial charge in [0.1, 0.15) is 0 Å². The molecular formula is C13H18O3S. The zero-order valence-electron chi connectivity index (χ0n) is 10.2. The van der Waals surface area contributed by atoms with Gasteiger partial charge in [-0.15, -0.1) is 0 Å². The maximum Gasteiger partial charge on any atom is 0.335 e. The predicted molar refractivity (Wildman–Crippen MR) is 69.6 cm³/mol. The molecule has 0 saturated heterocycles. The molecule has 0 spiro atoms. The maximum absolute atomic E-state index is 11.7. The van der Waals surface area contributed by atoms with Crippen LogP contribution in [0.25, 0.3) is 0 Å². The summed E-state index contributed by atoms with van der Waals surface area (Å²) in [4.78, 5) is 10.7. The lowest BCUT2D eigenvalue weighted by molar-refractivity contribution is 0.0697. The van der Waals surface area contributed by atoms with Gasteiger partial charge in [0.05, 0.1) is 5.56 Å². The molecular weight excluding hydrogens is 236 g/mol. The summed E-state index contributed by atoms with van der Waals surface area (Å²) in [5, 5.41) is 8.74. The minimum Gasteiger partial charge on any atom is -0.478 e. The highest BCUT2D eigenvalue weighted by atomic mass is 32.2. The lowest BCUT2D eigenvalue weighted by Gasteiger charge is -2.05. The summed E-state index contributed by atoms with van der Waals surface area (Å²) in [6.07, 6.45) is 0.958. The fourth-order valence-electron chi connectivity index (χ4n) is 1.37. The van der Waals surface area contributed by atoms with Gasteiger partial charge >= 0.3 is 5.97 Å². The van der Waals surface area contributed by atoms with Gasteiger partial charge < -0.3 is 5.11 Å². The molecule has 1 atom stereocenters. The zero-order chi connectivity index (χ0) is 12.8. The monoisotopic (exact) mass is 254 g/mol. The summed E-state index contributed by atoms with van der Waals surface area (Å²) in [6, 6.07) is 6.57. The largest absolute Gasteiger partial charge is 0.478 e. The van der Waals surface area contributed by atoms with Crippen LogP contribution in [0.4, 0.5) is 0 Å². The fraction of sp³-hybridized carbons (Fsp3) is 0.462. The first-order valence-corrected chi connectivity index (χ1v) is 7.15. The van der Waals surface area contributed by atoms with E-state index < -0.39 is 16.8 Å². The van der Waals surface area contributed by atoms with E-state index >= 15 is 0 Å². The van der Waals surface area contributed by atoms with Gasteiger partial charge in [0.25, 0.3) is 0 Å². The first-order valence-electron chi connectivity index (χ1n) is 5.66. The molecule has 17 heavy (non-hydrogen) atoms. The number of carboxylic acid groups (broad SMARTS) is 1. The van der Waals surface area contributed by atoms with Crippen molar-refractivity contribution >= 4 is 16.8 Å². The Labute approximate surface area is 104 Å². The number of hydrogen-bond donors (Lipinski definition) is 1. The highest BCUT2D eigenvalue weighted by molar-refractivity contribution is 7.84. The molecule has 1 aromatic carbocycles. The number of aromatic carboxylic acids is 1. The van der Waals surface area contributed by atoms with Gasteiger partial charge in [-0.3, -0.25) is 4.21 Å². The van der Waals surface area contributed by atoms with Crippen LogP contribution >= 0.6 is 0 Å². The van der Waals surface area contributed by atoms with Crippen LogP contribution in [0.1, 0.15) is 36.2 Å².